The van der Waals surface area contributed by atoms with Crippen LogP contribution in [0.2, 0.25) is 0 Å². The monoisotopic (exact) mass is 464 g/mol. The van der Waals surface area contributed by atoms with Gasteiger partial charge in [-0.05, 0) is 56.7 Å². The van der Waals surface area contributed by atoms with Gasteiger partial charge < -0.3 is 14.6 Å². The van der Waals surface area contributed by atoms with Gasteiger partial charge in [0.2, 0.25) is 0 Å². The number of non-ortho nitro benzene ring substituents is 1. The molecular formula is C23H20N4O5S. The maximum Gasteiger partial charge on any atom is 0.341 e. The number of hydrogen-bond acceptors (Lipinski definition) is 7. The lowest BCUT2D eigenvalue weighted by atomic mass is 10.1. The van der Waals surface area contributed by atoms with Crippen LogP contribution in [0.3, 0.4) is 0 Å². The Balaban J connectivity index is 1.91. The van der Waals surface area contributed by atoms with Crippen molar-refractivity contribution in [3.8, 4) is 11.8 Å². The van der Waals surface area contributed by atoms with E-state index in [4.69, 9.17) is 4.74 Å². The van der Waals surface area contributed by atoms with E-state index in [2.05, 4.69) is 5.32 Å². The minimum absolute atomic E-state index is 0.0426. The van der Waals surface area contributed by atoms with E-state index in [1.54, 1.807) is 48.9 Å². The van der Waals surface area contributed by atoms with Crippen molar-refractivity contribution in [2.45, 2.75) is 20.8 Å². The number of carbonyl (C=O) groups excluding carboxylic acids is 2. The summed E-state index contributed by atoms with van der Waals surface area (Å²) in [5.41, 5.74) is 1.93. The van der Waals surface area contributed by atoms with Crippen molar-refractivity contribution in [1.82, 2.24) is 4.57 Å². The van der Waals surface area contributed by atoms with E-state index >= 15 is 0 Å². The number of nitrogens with zero attached hydrogens (tertiary/aromatic N) is 3. The lowest BCUT2D eigenvalue weighted by Crippen LogP contribution is -2.16. The number of rotatable bonds is 7. The molecule has 1 N–H and O–H groups in total. The minimum Gasteiger partial charge on any atom is -0.462 e. The first kappa shape index (κ1) is 23.4. The topological polar surface area (TPSA) is 127 Å². The second-order valence-electron chi connectivity index (χ2n) is 6.91. The summed E-state index contributed by atoms with van der Waals surface area (Å²) >= 11 is 1.23. The third-order valence-electron chi connectivity index (χ3n) is 4.87. The van der Waals surface area contributed by atoms with Crippen molar-refractivity contribution in [2.75, 3.05) is 11.9 Å². The lowest BCUT2D eigenvalue weighted by molar-refractivity contribution is -0.384. The highest BCUT2D eigenvalue weighted by molar-refractivity contribution is 7.16. The number of ether oxygens (including phenoxy) is 1. The van der Waals surface area contributed by atoms with E-state index in [0.29, 0.717) is 21.9 Å². The Labute approximate surface area is 193 Å². The van der Waals surface area contributed by atoms with Gasteiger partial charge in [-0.1, -0.05) is 0 Å². The SMILES string of the molecule is CCOC(=O)c1c(NC(=O)/C(C#N)=C\c2cccn2-c2ccc([N+](=O)[O-])cc2)sc(C)c1C. The van der Waals surface area contributed by atoms with E-state index in [0.717, 1.165) is 4.88 Å². The van der Waals surface area contributed by atoms with Crippen LogP contribution in [0.4, 0.5) is 10.7 Å². The van der Waals surface area contributed by atoms with Crippen LogP contribution in [-0.2, 0) is 9.53 Å². The number of hydrogen-bond donors (Lipinski definition) is 1. The van der Waals surface area contributed by atoms with E-state index < -0.39 is 16.8 Å². The normalized spacial score (nSPS) is 11.0. The number of aromatic nitrogens is 1. The Kier molecular flexibility index (Phi) is 7.05. The number of esters is 1. The molecule has 168 valence electrons. The number of anilines is 1. The molecule has 1 amide bonds. The van der Waals surface area contributed by atoms with Crippen LogP contribution < -0.4 is 5.32 Å². The number of benzene rings is 1. The molecular weight excluding hydrogens is 444 g/mol. The van der Waals surface area contributed by atoms with E-state index in [9.17, 15) is 25.0 Å². The predicted octanol–water partition coefficient (Wildman–Crippen LogP) is 4.79. The minimum atomic E-state index is -0.666. The smallest absolute Gasteiger partial charge is 0.341 e. The van der Waals surface area contributed by atoms with Gasteiger partial charge in [0, 0.05) is 34.6 Å². The van der Waals surface area contributed by atoms with Crippen molar-refractivity contribution >= 4 is 40.0 Å². The highest BCUT2D eigenvalue weighted by Crippen LogP contribution is 2.33. The second kappa shape index (κ2) is 9.93. The largest absolute Gasteiger partial charge is 0.462 e. The van der Waals surface area contributed by atoms with E-state index in [-0.39, 0.29) is 23.4 Å². The van der Waals surface area contributed by atoms with Gasteiger partial charge >= 0.3 is 5.97 Å². The molecule has 2 aromatic heterocycles. The first-order valence-electron chi connectivity index (χ1n) is 9.89. The average molecular weight is 465 g/mol. The van der Waals surface area contributed by atoms with Crippen LogP contribution in [0.1, 0.15) is 33.4 Å². The predicted molar refractivity (Wildman–Crippen MR) is 124 cm³/mol. The maximum atomic E-state index is 12.9. The number of nitro groups is 1. The number of thiophene rings is 1. The lowest BCUT2D eigenvalue weighted by Gasteiger charge is -2.08. The second-order valence-corrected chi connectivity index (χ2v) is 8.13. The van der Waals surface area contributed by atoms with Gasteiger partial charge in [0.15, 0.2) is 0 Å². The van der Waals surface area contributed by atoms with Gasteiger partial charge in [-0.25, -0.2) is 4.79 Å². The third kappa shape index (κ3) is 4.99. The Morgan fingerprint density at radius 2 is 1.97 bits per heavy atom. The van der Waals surface area contributed by atoms with Crippen molar-refractivity contribution in [1.29, 1.82) is 5.26 Å². The Bertz CT molecular complexity index is 1300. The maximum absolute atomic E-state index is 12.9. The number of amides is 1. The Morgan fingerprint density at radius 1 is 1.27 bits per heavy atom. The average Bonchev–Trinajstić information content (AvgIpc) is 3.36. The molecule has 9 nitrogen and oxygen atoms in total. The van der Waals surface area contributed by atoms with Crippen LogP contribution in [0.25, 0.3) is 11.8 Å². The third-order valence-corrected chi connectivity index (χ3v) is 5.99. The van der Waals surface area contributed by atoms with Crippen molar-refractivity contribution < 1.29 is 19.2 Å². The molecule has 3 rings (SSSR count). The zero-order valence-corrected chi connectivity index (χ0v) is 18.9. The molecule has 0 aliphatic rings. The number of carbonyl (C=O) groups is 2. The zero-order chi connectivity index (χ0) is 24.1. The Morgan fingerprint density at radius 3 is 2.58 bits per heavy atom. The quantitative estimate of drug-likeness (QED) is 0.176. The molecule has 0 bridgehead atoms. The van der Waals surface area contributed by atoms with Crippen LogP contribution in [0, 0.1) is 35.3 Å². The summed E-state index contributed by atoms with van der Waals surface area (Å²) < 4.78 is 6.79. The summed E-state index contributed by atoms with van der Waals surface area (Å²) in [7, 11) is 0. The standard InChI is InChI=1S/C23H20N4O5S/c1-4-32-23(29)20-14(2)15(3)33-22(20)25-21(28)16(13-24)12-19-6-5-11-26(19)17-7-9-18(10-8-17)27(30)31/h5-12H,4H2,1-3H3,(H,25,28)/b16-12-. The molecule has 1 aromatic carbocycles. The first-order valence-corrected chi connectivity index (χ1v) is 10.7. The molecule has 10 heteroatoms. The molecule has 0 aliphatic heterocycles. The summed E-state index contributed by atoms with van der Waals surface area (Å²) in [6.45, 7) is 5.49. The molecule has 0 saturated heterocycles. The fraction of sp³-hybridized carbons (Fsp3) is 0.174. The van der Waals surface area contributed by atoms with Gasteiger partial charge in [-0.2, -0.15) is 5.26 Å². The highest BCUT2D eigenvalue weighted by atomic mass is 32.1. The van der Waals surface area contributed by atoms with Crippen molar-refractivity contribution in [2.24, 2.45) is 0 Å². The molecule has 3 aromatic rings. The number of nitro benzene ring substituents is 1. The van der Waals surface area contributed by atoms with Gasteiger partial charge in [0.1, 0.15) is 16.6 Å². The number of nitrogens with one attached hydrogen (secondary N) is 1. The molecule has 33 heavy (non-hydrogen) atoms. The number of nitriles is 1. The summed E-state index contributed by atoms with van der Waals surface area (Å²) in [6, 6.07) is 11.2. The van der Waals surface area contributed by atoms with Crippen molar-refractivity contribution in [3.05, 3.63) is 80.0 Å². The molecule has 0 fully saturated rings. The zero-order valence-electron chi connectivity index (χ0n) is 18.1. The summed E-state index contributed by atoms with van der Waals surface area (Å²) in [5.74, 6) is -1.20. The van der Waals surface area contributed by atoms with Gasteiger partial charge in [0.25, 0.3) is 11.6 Å². The van der Waals surface area contributed by atoms with Gasteiger partial charge in [-0.15, -0.1) is 11.3 Å². The fourth-order valence-electron chi connectivity index (χ4n) is 3.11. The molecule has 0 spiro atoms. The Hall–Kier alpha value is -4.23. The summed E-state index contributed by atoms with van der Waals surface area (Å²) in [5, 5.41) is 23.5. The highest BCUT2D eigenvalue weighted by Gasteiger charge is 2.23. The van der Waals surface area contributed by atoms with Crippen molar-refractivity contribution in [3.63, 3.8) is 0 Å². The van der Waals surface area contributed by atoms with Gasteiger partial charge in [0.05, 0.1) is 17.1 Å². The van der Waals surface area contributed by atoms with Gasteiger partial charge in [-0.3, -0.25) is 14.9 Å². The molecule has 0 saturated carbocycles. The number of aryl methyl sites for hydroxylation is 1. The molecule has 0 unspecified atom stereocenters. The molecule has 0 atom stereocenters. The van der Waals surface area contributed by atoms with Crippen LogP contribution in [0.5, 0.6) is 0 Å². The summed E-state index contributed by atoms with van der Waals surface area (Å²) in [6.07, 6.45) is 3.12. The summed E-state index contributed by atoms with van der Waals surface area (Å²) in [4.78, 5) is 36.5. The van der Waals surface area contributed by atoms with Crippen LogP contribution in [0.15, 0.2) is 48.2 Å². The van der Waals surface area contributed by atoms with E-state index in [1.807, 2.05) is 13.0 Å². The molecule has 2 heterocycles. The fourth-order valence-corrected chi connectivity index (χ4v) is 4.16. The molecule has 0 radical (unpaired) electrons. The van der Waals surface area contributed by atoms with Crippen LogP contribution >= 0.6 is 11.3 Å². The van der Waals surface area contributed by atoms with E-state index in [1.165, 1.54) is 29.5 Å². The van der Waals surface area contributed by atoms with Crippen LogP contribution in [-0.4, -0.2) is 28.0 Å². The molecule has 0 aliphatic carbocycles. The first-order chi connectivity index (χ1) is 15.8.